The second kappa shape index (κ2) is 9.80. The Bertz CT molecular complexity index is 418. The third-order valence-corrected chi connectivity index (χ3v) is 3.70. The molecule has 1 rings (SSSR count). The molecular formula is C18H31NO2. The van der Waals surface area contributed by atoms with Crippen LogP contribution in [0.5, 0.6) is 5.75 Å². The van der Waals surface area contributed by atoms with Crippen molar-refractivity contribution in [2.24, 2.45) is 0 Å². The van der Waals surface area contributed by atoms with Crippen LogP contribution in [0.4, 0.5) is 0 Å². The zero-order valence-corrected chi connectivity index (χ0v) is 14.3. The van der Waals surface area contributed by atoms with E-state index >= 15 is 0 Å². The minimum atomic E-state index is 0.353. The van der Waals surface area contributed by atoms with Crippen LogP contribution in [-0.4, -0.2) is 26.9 Å². The van der Waals surface area contributed by atoms with Crippen LogP contribution in [0, 0.1) is 13.8 Å². The summed E-state index contributed by atoms with van der Waals surface area (Å²) in [6.07, 6.45) is 3.22. The average molecular weight is 293 g/mol. The van der Waals surface area contributed by atoms with Gasteiger partial charge in [0, 0.05) is 19.3 Å². The Morgan fingerprint density at radius 2 is 1.81 bits per heavy atom. The number of benzene rings is 1. The Balaban J connectivity index is 2.83. The Morgan fingerprint density at radius 1 is 1.05 bits per heavy atom. The molecule has 0 aliphatic heterocycles. The topological polar surface area (TPSA) is 30.5 Å². The van der Waals surface area contributed by atoms with Crippen LogP contribution < -0.4 is 10.1 Å². The summed E-state index contributed by atoms with van der Waals surface area (Å²) in [5.41, 5.74) is 3.83. The van der Waals surface area contributed by atoms with Gasteiger partial charge in [-0.15, -0.1) is 0 Å². The van der Waals surface area contributed by atoms with Crippen molar-refractivity contribution in [1.29, 1.82) is 0 Å². The van der Waals surface area contributed by atoms with E-state index in [1.165, 1.54) is 16.7 Å². The molecule has 1 aromatic carbocycles. The molecule has 1 N–H and O–H groups in total. The fourth-order valence-electron chi connectivity index (χ4n) is 2.54. The second-order valence-corrected chi connectivity index (χ2v) is 5.59. The third kappa shape index (κ3) is 5.68. The van der Waals surface area contributed by atoms with E-state index in [4.69, 9.17) is 9.47 Å². The molecule has 0 aromatic heterocycles. The number of aryl methyl sites for hydroxylation is 2. The molecule has 1 unspecified atom stereocenters. The summed E-state index contributed by atoms with van der Waals surface area (Å²) in [7, 11) is 1.73. The molecule has 120 valence electrons. The van der Waals surface area contributed by atoms with Crippen LogP contribution in [0.25, 0.3) is 0 Å². The lowest BCUT2D eigenvalue weighted by molar-refractivity contribution is 0.124. The van der Waals surface area contributed by atoms with Gasteiger partial charge in [0.25, 0.3) is 0 Å². The van der Waals surface area contributed by atoms with Gasteiger partial charge in [0.15, 0.2) is 0 Å². The Kier molecular flexibility index (Phi) is 8.40. The molecule has 3 nitrogen and oxygen atoms in total. The molecule has 0 radical (unpaired) electrons. The monoisotopic (exact) mass is 293 g/mol. The first-order chi connectivity index (χ1) is 10.1. The summed E-state index contributed by atoms with van der Waals surface area (Å²) in [6, 6.07) is 4.74. The zero-order valence-electron chi connectivity index (χ0n) is 14.3. The summed E-state index contributed by atoms with van der Waals surface area (Å²) in [6.45, 7) is 11.3. The van der Waals surface area contributed by atoms with Gasteiger partial charge in [-0.2, -0.15) is 0 Å². The van der Waals surface area contributed by atoms with E-state index in [0.29, 0.717) is 6.04 Å². The maximum absolute atomic E-state index is 5.67. The molecule has 21 heavy (non-hydrogen) atoms. The molecule has 0 amide bonds. The molecule has 0 bridgehead atoms. The smallest absolute Gasteiger partial charge is 0.122 e. The van der Waals surface area contributed by atoms with Crippen molar-refractivity contribution in [1.82, 2.24) is 5.32 Å². The zero-order chi connectivity index (χ0) is 15.7. The van der Waals surface area contributed by atoms with Gasteiger partial charge in [-0.1, -0.05) is 19.9 Å². The molecule has 0 fully saturated rings. The van der Waals surface area contributed by atoms with Crippen molar-refractivity contribution in [3.05, 3.63) is 28.8 Å². The maximum atomic E-state index is 5.67. The predicted octanol–water partition coefficient (Wildman–Crippen LogP) is 4.17. The molecule has 0 aliphatic carbocycles. The maximum Gasteiger partial charge on any atom is 0.122 e. The molecule has 0 heterocycles. The van der Waals surface area contributed by atoms with E-state index in [-0.39, 0.29) is 0 Å². The molecular weight excluding hydrogens is 262 g/mol. The highest BCUT2D eigenvalue weighted by atomic mass is 16.5. The standard InChI is InChI=1S/C18H31NO2/c1-6-9-19-17(8-11-21-10-7-2)16-12-15(4)18(20-5)13-14(16)3/h12-13,17,19H,6-11H2,1-5H3. The van der Waals surface area contributed by atoms with Crippen LogP contribution >= 0.6 is 0 Å². The number of hydrogen-bond acceptors (Lipinski definition) is 3. The molecule has 1 aromatic rings. The summed E-state index contributed by atoms with van der Waals surface area (Å²) in [5.74, 6) is 0.965. The predicted molar refractivity (Wildman–Crippen MR) is 89.2 cm³/mol. The van der Waals surface area contributed by atoms with E-state index in [1.54, 1.807) is 7.11 Å². The van der Waals surface area contributed by atoms with E-state index < -0.39 is 0 Å². The van der Waals surface area contributed by atoms with Gasteiger partial charge in [0.05, 0.1) is 7.11 Å². The Labute approximate surface area is 130 Å². The lowest BCUT2D eigenvalue weighted by atomic mass is 9.96. The second-order valence-electron chi connectivity index (χ2n) is 5.59. The molecule has 3 heteroatoms. The summed E-state index contributed by atoms with van der Waals surface area (Å²) < 4.78 is 11.1. The largest absolute Gasteiger partial charge is 0.496 e. The highest BCUT2D eigenvalue weighted by Crippen LogP contribution is 2.28. The van der Waals surface area contributed by atoms with Crippen LogP contribution in [-0.2, 0) is 4.74 Å². The van der Waals surface area contributed by atoms with Crippen LogP contribution in [0.15, 0.2) is 12.1 Å². The van der Waals surface area contributed by atoms with Crippen molar-refractivity contribution >= 4 is 0 Å². The van der Waals surface area contributed by atoms with E-state index in [1.807, 2.05) is 0 Å². The fraction of sp³-hybridized carbons (Fsp3) is 0.667. The van der Waals surface area contributed by atoms with Crippen LogP contribution in [0.3, 0.4) is 0 Å². The number of ether oxygens (including phenoxy) is 2. The first kappa shape index (κ1) is 18.0. The van der Waals surface area contributed by atoms with Gasteiger partial charge in [-0.25, -0.2) is 0 Å². The minimum Gasteiger partial charge on any atom is -0.496 e. The molecule has 0 aliphatic rings. The first-order valence-corrected chi connectivity index (χ1v) is 8.10. The summed E-state index contributed by atoms with van der Waals surface area (Å²) in [5, 5.41) is 3.65. The van der Waals surface area contributed by atoms with Crippen molar-refractivity contribution in [2.45, 2.75) is 53.0 Å². The van der Waals surface area contributed by atoms with Gasteiger partial charge in [-0.3, -0.25) is 0 Å². The van der Waals surface area contributed by atoms with Gasteiger partial charge < -0.3 is 14.8 Å². The van der Waals surface area contributed by atoms with Gasteiger partial charge in [-0.05, 0) is 62.4 Å². The highest BCUT2D eigenvalue weighted by molar-refractivity contribution is 5.42. The lowest BCUT2D eigenvalue weighted by Crippen LogP contribution is -2.24. The van der Waals surface area contributed by atoms with Gasteiger partial charge in [0.1, 0.15) is 5.75 Å². The van der Waals surface area contributed by atoms with Crippen molar-refractivity contribution in [3.63, 3.8) is 0 Å². The Morgan fingerprint density at radius 3 is 2.43 bits per heavy atom. The number of methoxy groups -OCH3 is 1. The third-order valence-electron chi connectivity index (χ3n) is 3.70. The van der Waals surface area contributed by atoms with Crippen molar-refractivity contribution < 1.29 is 9.47 Å². The van der Waals surface area contributed by atoms with Crippen molar-refractivity contribution in [2.75, 3.05) is 26.9 Å². The van der Waals surface area contributed by atoms with Crippen LogP contribution in [0.2, 0.25) is 0 Å². The van der Waals surface area contributed by atoms with Crippen LogP contribution in [0.1, 0.15) is 55.8 Å². The summed E-state index contributed by atoms with van der Waals surface area (Å²) in [4.78, 5) is 0. The van der Waals surface area contributed by atoms with Gasteiger partial charge in [0.2, 0.25) is 0 Å². The quantitative estimate of drug-likeness (QED) is 0.657. The number of hydrogen-bond donors (Lipinski definition) is 1. The summed E-state index contributed by atoms with van der Waals surface area (Å²) >= 11 is 0. The number of nitrogens with one attached hydrogen (secondary N) is 1. The normalized spacial score (nSPS) is 12.4. The molecule has 0 saturated heterocycles. The highest BCUT2D eigenvalue weighted by Gasteiger charge is 2.15. The SMILES string of the molecule is CCCNC(CCOCCC)c1cc(C)c(OC)cc1C. The molecule has 0 saturated carbocycles. The van der Waals surface area contributed by atoms with E-state index in [9.17, 15) is 0 Å². The average Bonchev–Trinajstić information content (AvgIpc) is 2.48. The van der Waals surface area contributed by atoms with E-state index in [2.05, 4.69) is 45.1 Å². The van der Waals surface area contributed by atoms with Crippen molar-refractivity contribution in [3.8, 4) is 5.75 Å². The minimum absolute atomic E-state index is 0.353. The Hall–Kier alpha value is -1.06. The molecule has 1 atom stereocenters. The lowest BCUT2D eigenvalue weighted by Gasteiger charge is -2.22. The number of rotatable bonds is 10. The molecule has 0 spiro atoms. The van der Waals surface area contributed by atoms with E-state index in [0.717, 1.165) is 44.8 Å². The fourth-order valence-corrected chi connectivity index (χ4v) is 2.54. The van der Waals surface area contributed by atoms with Gasteiger partial charge >= 0.3 is 0 Å². The first-order valence-electron chi connectivity index (χ1n) is 8.10.